The number of aromatic amines is 1. The maximum atomic E-state index is 11.8. The van der Waals surface area contributed by atoms with Gasteiger partial charge in [-0.1, -0.05) is 6.07 Å². The Kier molecular flexibility index (Phi) is 3.04. The maximum absolute atomic E-state index is 11.8. The van der Waals surface area contributed by atoms with E-state index in [4.69, 9.17) is 5.73 Å². The van der Waals surface area contributed by atoms with Crippen LogP contribution in [0.1, 0.15) is 21.6 Å². The molecular formula is C11H13N5O. The van der Waals surface area contributed by atoms with Gasteiger partial charge in [0.15, 0.2) is 0 Å². The minimum atomic E-state index is -0.219. The summed E-state index contributed by atoms with van der Waals surface area (Å²) in [7, 11) is 0. The number of nitrogen functional groups attached to an aromatic ring is 1. The van der Waals surface area contributed by atoms with Crippen LogP contribution in [0.25, 0.3) is 0 Å². The van der Waals surface area contributed by atoms with Crippen LogP contribution in [0.5, 0.6) is 0 Å². The van der Waals surface area contributed by atoms with E-state index in [1.54, 1.807) is 18.5 Å². The molecule has 0 fully saturated rings. The SMILES string of the molecule is Cc1cccnc1C(=O)NCc1cn[nH]c1N. The van der Waals surface area contributed by atoms with Crippen molar-refractivity contribution in [1.29, 1.82) is 0 Å². The first-order valence-electron chi connectivity index (χ1n) is 5.16. The largest absolute Gasteiger partial charge is 0.384 e. The normalized spacial score (nSPS) is 10.2. The van der Waals surface area contributed by atoms with Crippen molar-refractivity contribution < 1.29 is 4.79 Å². The van der Waals surface area contributed by atoms with Gasteiger partial charge >= 0.3 is 0 Å². The Morgan fingerprint density at radius 2 is 2.41 bits per heavy atom. The van der Waals surface area contributed by atoms with E-state index >= 15 is 0 Å². The Hall–Kier alpha value is -2.37. The number of hydrogen-bond acceptors (Lipinski definition) is 4. The lowest BCUT2D eigenvalue weighted by atomic mass is 10.2. The van der Waals surface area contributed by atoms with Gasteiger partial charge in [-0.3, -0.25) is 14.9 Å². The third-order valence-electron chi connectivity index (χ3n) is 2.42. The number of amides is 1. The van der Waals surface area contributed by atoms with Crippen LogP contribution in [-0.2, 0) is 6.54 Å². The molecule has 0 saturated heterocycles. The second-order valence-electron chi connectivity index (χ2n) is 3.66. The number of carbonyl (C=O) groups is 1. The quantitative estimate of drug-likeness (QED) is 0.721. The zero-order chi connectivity index (χ0) is 12.3. The molecule has 0 aromatic carbocycles. The van der Waals surface area contributed by atoms with Crippen LogP contribution >= 0.6 is 0 Å². The van der Waals surface area contributed by atoms with Crippen molar-refractivity contribution in [1.82, 2.24) is 20.5 Å². The molecule has 0 spiro atoms. The zero-order valence-electron chi connectivity index (χ0n) is 9.40. The van der Waals surface area contributed by atoms with E-state index in [-0.39, 0.29) is 5.91 Å². The topological polar surface area (TPSA) is 96.7 Å². The molecule has 0 aliphatic rings. The summed E-state index contributed by atoms with van der Waals surface area (Å²) < 4.78 is 0. The van der Waals surface area contributed by atoms with Crippen molar-refractivity contribution in [3.63, 3.8) is 0 Å². The number of aromatic nitrogens is 3. The summed E-state index contributed by atoms with van der Waals surface area (Å²) >= 11 is 0. The summed E-state index contributed by atoms with van der Waals surface area (Å²) in [6.45, 7) is 2.17. The van der Waals surface area contributed by atoms with Crippen molar-refractivity contribution in [2.24, 2.45) is 0 Å². The van der Waals surface area contributed by atoms with E-state index < -0.39 is 0 Å². The first-order chi connectivity index (χ1) is 8.18. The third-order valence-corrected chi connectivity index (χ3v) is 2.42. The molecule has 4 N–H and O–H groups in total. The standard InChI is InChI=1S/C11H13N5O/c1-7-3-2-4-13-9(7)11(17)14-5-8-6-15-16-10(8)12/h2-4,6H,5H2,1H3,(H,14,17)(H3,12,15,16). The monoisotopic (exact) mass is 231 g/mol. The average Bonchev–Trinajstić information content (AvgIpc) is 2.72. The average molecular weight is 231 g/mol. The second kappa shape index (κ2) is 4.65. The van der Waals surface area contributed by atoms with Crippen molar-refractivity contribution in [3.8, 4) is 0 Å². The van der Waals surface area contributed by atoms with Gasteiger partial charge in [-0.15, -0.1) is 0 Å². The number of carbonyl (C=O) groups excluding carboxylic acids is 1. The smallest absolute Gasteiger partial charge is 0.270 e. The minimum absolute atomic E-state index is 0.219. The van der Waals surface area contributed by atoms with Gasteiger partial charge in [0.2, 0.25) is 0 Å². The number of rotatable bonds is 3. The molecule has 0 atom stereocenters. The van der Waals surface area contributed by atoms with Crippen LogP contribution in [0, 0.1) is 6.92 Å². The minimum Gasteiger partial charge on any atom is -0.384 e. The molecule has 6 nitrogen and oxygen atoms in total. The number of nitrogens with two attached hydrogens (primary N) is 1. The highest BCUT2D eigenvalue weighted by Gasteiger charge is 2.10. The van der Waals surface area contributed by atoms with Crippen molar-refractivity contribution in [2.75, 3.05) is 5.73 Å². The summed E-state index contributed by atoms with van der Waals surface area (Å²) in [4.78, 5) is 15.9. The van der Waals surface area contributed by atoms with E-state index in [0.717, 1.165) is 11.1 Å². The van der Waals surface area contributed by atoms with Crippen molar-refractivity contribution >= 4 is 11.7 Å². The van der Waals surface area contributed by atoms with Gasteiger partial charge in [-0.05, 0) is 18.6 Å². The Labute approximate surface area is 98.3 Å². The first-order valence-corrected chi connectivity index (χ1v) is 5.16. The summed E-state index contributed by atoms with van der Waals surface area (Å²) in [5, 5.41) is 9.12. The molecule has 2 rings (SSSR count). The second-order valence-corrected chi connectivity index (χ2v) is 3.66. The molecule has 2 heterocycles. The number of nitrogens with zero attached hydrogens (tertiary/aromatic N) is 2. The number of pyridine rings is 1. The number of hydrogen-bond donors (Lipinski definition) is 3. The van der Waals surface area contributed by atoms with E-state index in [1.807, 2.05) is 13.0 Å². The van der Waals surface area contributed by atoms with Gasteiger partial charge in [0.1, 0.15) is 11.5 Å². The molecular weight excluding hydrogens is 218 g/mol. The zero-order valence-corrected chi connectivity index (χ0v) is 9.40. The lowest BCUT2D eigenvalue weighted by Gasteiger charge is -2.05. The lowest BCUT2D eigenvalue weighted by molar-refractivity contribution is 0.0945. The predicted octanol–water partition coefficient (Wildman–Crippen LogP) is 0.625. The highest BCUT2D eigenvalue weighted by molar-refractivity contribution is 5.93. The Morgan fingerprint density at radius 1 is 1.59 bits per heavy atom. The molecule has 6 heteroatoms. The third kappa shape index (κ3) is 2.41. The van der Waals surface area contributed by atoms with Crippen LogP contribution in [0.3, 0.4) is 0 Å². The summed E-state index contributed by atoms with van der Waals surface area (Å²) in [5.74, 6) is 0.242. The maximum Gasteiger partial charge on any atom is 0.270 e. The summed E-state index contributed by atoms with van der Waals surface area (Å²) in [6.07, 6.45) is 3.18. The van der Waals surface area contributed by atoms with Gasteiger partial charge < -0.3 is 11.1 Å². The Balaban J connectivity index is 2.04. The van der Waals surface area contributed by atoms with E-state index in [0.29, 0.717) is 18.1 Å². The van der Waals surface area contributed by atoms with E-state index in [2.05, 4.69) is 20.5 Å². The fourth-order valence-corrected chi connectivity index (χ4v) is 1.44. The molecule has 88 valence electrons. The predicted molar refractivity (Wildman–Crippen MR) is 63.1 cm³/mol. The van der Waals surface area contributed by atoms with Gasteiger partial charge in [0.25, 0.3) is 5.91 Å². The van der Waals surface area contributed by atoms with Crippen molar-refractivity contribution in [2.45, 2.75) is 13.5 Å². The van der Waals surface area contributed by atoms with E-state index in [1.165, 1.54) is 0 Å². The van der Waals surface area contributed by atoms with E-state index in [9.17, 15) is 4.79 Å². The van der Waals surface area contributed by atoms with Crippen LogP contribution in [-0.4, -0.2) is 21.1 Å². The highest BCUT2D eigenvalue weighted by atomic mass is 16.1. The molecule has 2 aromatic rings. The van der Waals surface area contributed by atoms with Crippen LogP contribution < -0.4 is 11.1 Å². The fraction of sp³-hybridized carbons (Fsp3) is 0.182. The number of H-pyrrole nitrogens is 1. The number of anilines is 1. The van der Waals surface area contributed by atoms with Crippen LogP contribution in [0.4, 0.5) is 5.82 Å². The molecule has 0 bridgehead atoms. The number of nitrogens with one attached hydrogen (secondary N) is 2. The van der Waals surface area contributed by atoms with Gasteiger partial charge in [0.05, 0.1) is 6.20 Å². The first kappa shape index (κ1) is 11.1. The number of aryl methyl sites for hydroxylation is 1. The van der Waals surface area contributed by atoms with Crippen LogP contribution in [0.15, 0.2) is 24.5 Å². The lowest BCUT2D eigenvalue weighted by Crippen LogP contribution is -2.24. The molecule has 0 radical (unpaired) electrons. The molecule has 0 unspecified atom stereocenters. The summed E-state index contributed by atoms with van der Waals surface area (Å²) in [6, 6.07) is 3.63. The molecule has 17 heavy (non-hydrogen) atoms. The Bertz CT molecular complexity index is 534. The molecule has 0 aliphatic heterocycles. The highest BCUT2D eigenvalue weighted by Crippen LogP contribution is 2.07. The van der Waals surface area contributed by atoms with Gasteiger partial charge in [-0.2, -0.15) is 5.10 Å². The molecule has 0 saturated carbocycles. The summed E-state index contributed by atoms with van der Waals surface area (Å²) in [5.41, 5.74) is 7.63. The van der Waals surface area contributed by atoms with Gasteiger partial charge in [-0.25, -0.2) is 0 Å². The molecule has 0 aliphatic carbocycles. The van der Waals surface area contributed by atoms with Crippen molar-refractivity contribution in [3.05, 3.63) is 41.3 Å². The fourth-order valence-electron chi connectivity index (χ4n) is 1.44. The molecule has 2 aromatic heterocycles. The van der Waals surface area contributed by atoms with Crippen LogP contribution in [0.2, 0.25) is 0 Å². The van der Waals surface area contributed by atoms with Gasteiger partial charge in [0, 0.05) is 18.3 Å². The molecule has 1 amide bonds. The Morgan fingerprint density at radius 3 is 3.06 bits per heavy atom.